The summed E-state index contributed by atoms with van der Waals surface area (Å²) >= 11 is 0. The molecule has 0 radical (unpaired) electrons. The maximum absolute atomic E-state index is 5.77. The molecular formula is C15H24N2O2. The van der Waals surface area contributed by atoms with E-state index in [1.165, 1.54) is 12.0 Å². The highest BCUT2D eigenvalue weighted by Crippen LogP contribution is 2.30. The molecule has 1 fully saturated rings. The number of hydrogen-bond acceptors (Lipinski definition) is 4. The van der Waals surface area contributed by atoms with Gasteiger partial charge in [0.05, 0.1) is 14.2 Å². The van der Waals surface area contributed by atoms with Crippen LogP contribution in [0, 0.1) is 5.92 Å². The molecule has 1 aliphatic rings. The molecule has 2 atom stereocenters. The van der Waals surface area contributed by atoms with Gasteiger partial charge < -0.3 is 15.2 Å². The van der Waals surface area contributed by atoms with Crippen LogP contribution >= 0.6 is 0 Å². The summed E-state index contributed by atoms with van der Waals surface area (Å²) in [6.07, 6.45) is 1.20. The van der Waals surface area contributed by atoms with Gasteiger partial charge in [-0.3, -0.25) is 4.90 Å². The fourth-order valence-electron chi connectivity index (χ4n) is 2.82. The predicted molar refractivity (Wildman–Crippen MR) is 76.6 cm³/mol. The number of methoxy groups -OCH3 is 2. The molecule has 0 aromatic heterocycles. The molecule has 1 saturated heterocycles. The van der Waals surface area contributed by atoms with E-state index in [1.54, 1.807) is 14.2 Å². The van der Waals surface area contributed by atoms with Crippen molar-refractivity contribution in [2.24, 2.45) is 11.7 Å². The van der Waals surface area contributed by atoms with E-state index in [0.29, 0.717) is 12.0 Å². The third-order valence-corrected chi connectivity index (χ3v) is 3.96. The van der Waals surface area contributed by atoms with Gasteiger partial charge in [-0.15, -0.1) is 0 Å². The van der Waals surface area contributed by atoms with Crippen LogP contribution in [0.3, 0.4) is 0 Å². The van der Waals surface area contributed by atoms with Crippen molar-refractivity contribution in [2.75, 3.05) is 27.3 Å². The van der Waals surface area contributed by atoms with Crippen molar-refractivity contribution in [1.82, 2.24) is 4.90 Å². The lowest BCUT2D eigenvalue weighted by molar-refractivity contribution is 0.255. The minimum atomic E-state index is 0.599. The number of rotatable bonds is 5. The average molecular weight is 264 g/mol. The number of benzene rings is 1. The molecule has 0 amide bonds. The normalized spacial score (nSPS) is 23.6. The molecule has 106 valence electrons. The molecule has 1 heterocycles. The van der Waals surface area contributed by atoms with Crippen molar-refractivity contribution in [1.29, 1.82) is 0 Å². The second kappa shape index (κ2) is 6.26. The number of ether oxygens (including phenoxy) is 2. The van der Waals surface area contributed by atoms with Gasteiger partial charge in [-0.05, 0) is 43.5 Å². The highest BCUT2D eigenvalue weighted by molar-refractivity contribution is 5.42. The first-order valence-electron chi connectivity index (χ1n) is 6.83. The first-order valence-corrected chi connectivity index (χ1v) is 6.83. The molecule has 1 aliphatic heterocycles. The standard InChI is InChI=1S/C15H24N2O2/c1-11-6-13(8-16)10-17(11)9-12-4-5-14(18-2)15(7-12)19-3/h4-5,7,11,13H,6,8-10,16H2,1-3H3. The summed E-state index contributed by atoms with van der Waals surface area (Å²) in [5.41, 5.74) is 7.02. The largest absolute Gasteiger partial charge is 0.493 e. The number of nitrogens with two attached hydrogens (primary N) is 1. The van der Waals surface area contributed by atoms with Crippen LogP contribution in [0.2, 0.25) is 0 Å². The van der Waals surface area contributed by atoms with E-state index < -0.39 is 0 Å². The number of likely N-dealkylation sites (tertiary alicyclic amines) is 1. The molecule has 2 unspecified atom stereocenters. The van der Waals surface area contributed by atoms with Crippen LogP contribution in [0.1, 0.15) is 18.9 Å². The Bertz CT molecular complexity index is 423. The third-order valence-electron chi connectivity index (χ3n) is 3.96. The third kappa shape index (κ3) is 3.19. The van der Waals surface area contributed by atoms with E-state index in [2.05, 4.69) is 24.0 Å². The van der Waals surface area contributed by atoms with Crippen LogP contribution in [-0.4, -0.2) is 38.3 Å². The molecule has 19 heavy (non-hydrogen) atoms. The Morgan fingerprint density at radius 2 is 2.00 bits per heavy atom. The zero-order valence-electron chi connectivity index (χ0n) is 12.1. The zero-order chi connectivity index (χ0) is 13.8. The van der Waals surface area contributed by atoms with Crippen LogP contribution in [-0.2, 0) is 6.54 Å². The molecule has 4 nitrogen and oxygen atoms in total. The monoisotopic (exact) mass is 264 g/mol. The molecule has 2 N–H and O–H groups in total. The van der Waals surface area contributed by atoms with Gasteiger partial charge in [0, 0.05) is 19.1 Å². The summed E-state index contributed by atoms with van der Waals surface area (Å²) in [4.78, 5) is 2.48. The molecule has 1 aromatic rings. The Labute approximate surface area is 115 Å². The molecule has 0 bridgehead atoms. The highest BCUT2D eigenvalue weighted by Gasteiger charge is 2.27. The summed E-state index contributed by atoms with van der Waals surface area (Å²) in [5, 5.41) is 0. The Morgan fingerprint density at radius 1 is 1.26 bits per heavy atom. The van der Waals surface area contributed by atoms with Crippen molar-refractivity contribution in [3.05, 3.63) is 23.8 Å². The van der Waals surface area contributed by atoms with Crippen molar-refractivity contribution >= 4 is 0 Å². The van der Waals surface area contributed by atoms with E-state index in [1.807, 2.05) is 6.07 Å². The van der Waals surface area contributed by atoms with Gasteiger partial charge in [0.1, 0.15) is 0 Å². The van der Waals surface area contributed by atoms with Gasteiger partial charge in [-0.1, -0.05) is 6.07 Å². The van der Waals surface area contributed by atoms with Gasteiger partial charge in [0.2, 0.25) is 0 Å². The second-order valence-corrected chi connectivity index (χ2v) is 5.31. The lowest BCUT2D eigenvalue weighted by Gasteiger charge is -2.21. The first-order chi connectivity index (χ1) is 9.17. The minimum absolute atomic E-state index is 0.599. The van der Waals surface area contributed by atoms with Crippen molar-refractivity contribution < 1.29 is 9.47 Å². The molecule has 1 aromatic carbocycles. The van der Waals surface area contributed by atoms with E-state index in [4.69, 9.17) is 15.2 Å². The average Bonchev–Trinajstić information content (AvgIpc) is 2.79. The van der Waals surface area contributed by atoms with Crippen LogP contribution in [0.4, 0.5) is 0 Å². The zero-order valence-corrected chi connectivity index (χ0v) is 12.1. The Kier molecular flexibility index (Phi) is 4.66. The summed E-state index contributed by atoms with van der Waals surface area (Å²) in [7, 11) is 3.33. The van der Waals surface area contributed by atoms with E-state index in [9.17, 15) is 0 Å². The lowest BCUT2D eigenvalue weighted by Crippen LogP contribution is -2.27. The maximum Gasteiger partial charge on any atom is 0.161 e. The smallest absolute Gasteiger partial charge is 0.161 e. The fraction of sp³-hybridized carbons (Fsp3) is 0.600. The topological polar surface area (TPSA) is 47.7 Å². The maximum atomic E-state index is 5.77. The predicted octanol–water partition coefficient (Wildman–Crippen LogP) is 1.87. The Hall–Kier alpha value is -1.26. The van der Waals surface area contributed by atoms with E-state index >= 15 is 0 Å². The highest BCUT2D eigenvalue weighted by atomic mass is 16.5. The van der Waals surface area contributed by atoms with E-state index in [-0.39, 0.29) is 0 Å². The van der Waals surface area contributed by atoms with Crippen LogP contribution in [0.25, 0.3) is 0 Å². The van der Waals surface area contributed by atoms with Crippen LogP contribution < -0.4 is 15.2 Å². The van der Waals surface area contributed by atoms with Gasteiger partial charge in [0.15, 0.2) is 11.5 Å². The van der Waals surface area contributed by atoms with Crippen molar-refractivity contribution in [2.45, 2.75) is 25.9 Å². The van der Waals surface area contributed by atoms with Gasteiger partial charge >= 0.3 is 0 Å². The Morgan fingerprint density at radius 3 is 2.58 bits per heavy atom. The molecule has 4 heteroatoms. The molecule has 2 rings (SSSR count). The number of hydrogen-bond donors (Lipinski definition) is 1. The summed E-state index contributed by atoms with van der Waals surface area (Å²) < 4.78 is 10.6. The summed E-state index contributed by atoms with van der Waals surface area (Å²) in [6.45, 7) is 5.09. The second-order valence-electron chi connectivity index (χ2n) is 5.31. The van der Waals surface area contributed by atoms with Crippen molar-refractivity contribution in [3.63, 3.8) is 0 Å². The lowest BCUT2D eigenvalue weighted by atomic mass is 10.1. The van der Waals surface area contributed by atoms with Gasteiger partial charge in [-0.25, -0.2) is 0 Å². The summed E-state index contributed by atoms with van der Waals surface area (Å²) in [6, 6.07) is 6.72. The fourth-order valence-corrected chi connectivity index (χ4v) is 2.82. The quantitative estimate of drug-likeness (QED) is 0.882. The van der Waals surface area contributed by atoms with Crippen LogP contribution in [0.5, 0.6) is 11.5 Å². The molecular weight excluding hydrogens is 240 g/mol. The van der Waals surface area contributed by atoms with Gasteiger partial charge in [-0.2, -0.15) is 0 Å². The molecule has 0 spiro atoms. The Balaban J connectivity index is 2.07. The SMILES string of the molecule is COc1ccc(CN2CC(CN)CC2C)cc1OC. The van der Waals surface area contributed by atoms with Crippen molar-refractivity contribution in [3.8, 4) is 11.5 Å². The summed E-state index contributed by atoms with van der Waals surface area (Å²) in [5.74, 6) is 2.21. The molecule has 0 saturated carbocycles. The van der Waals surface area contributed by atoms with Crippen LogP contribution in [0.15, 0.2) is 18.2 Å². The van der Waals surface area contributed by atoms with Gasteiger partial charge in [0.25, 0.3) is 0 Å². The minimum Gasteiger partial charge on any atom is -0.493 e. The van der Waals surface area contributed by atoms with E-state index in [0.717, 1.165) is 31.1 Å². The first kappa shape index (κ1) is 14.2. The number of nitrogens with zero attached hydrogens (tertiary/aromatic N) is 1. The molecule has 0 aliphatic carbocycles.